The van der Waals surface area contributed by atoms with Crippen molar-refractivity contribution in [1.82, 2.24) is 20.1 Å². The SMILES string of the molecule is CC[C@@H]1CCC[C@H](c2cc3c(c(C(F)(F)F)c2)CN(c2cccc(C4(Cc5nncn5C)CC(F)(F)C4)c2)C3=O)N1. The van der Waals surface area contributed by atoms with Crippen LogP contribution < -0.4 is 10.2 Å². The minimum atomic E-state index is -4.63. The Kier molecular flexibility index (Phi) is 6.71. The van der Waals surface area contributed by atoms with Crippen molar-refractivity contribution in [3.05, 3.63) is 76.4 Å². The number of aromatic nitrogens is 3. The molecule has 1 aromatic heterocycles. The highest BCUT2D eigenvalue weighted by atomic mass is 19.4. The van der Waals surface area contributed by atoms with E-state index >= 15 is 0 Å². The lowest BCUT2D eigenvalue weighted by Crippen LogP contribution is -2.51. The summed E-state index contributed by atoms with van der Waals surface area (Å²) in [5, 5.41) is 11.4. The predicted molar refractivity (Wildman–Crippen MR) is 143 cm³/mol. The van der Waals surface area contributed by atoms with E-state index < -0.39 is 29.0 Å². The van der Waals surface area contributed by atoms with Crippen molar-refractivity contribution in [3.63, 3.8) is 0 Å². The van der Waals surface area contributed by atoms with Gasteiger partial charge in [0.1, 0.15) is 12.2 Å². The molecule has 2 fully saturated rings. The predicted octanol–water partition coefficient (Wildman–Crippen LogP) is 6.50. The fourth-order valence-electron chi connectivity index (χ4n) is 6.84. The lowest BCUT2D eigenvalue weighted by molar-refractivity contribution is -0.138. The fourth-order valence-corrected chi connectivity index (χ4v) is 6.84. The number of piperidine rings is 1. The maximum atomic E-state index is 14.3. The second kappa shape index (κ2) is 9.89. The molecule has 2 aliphatic heterocycles. The molecule has 0 unspecified atom stereocenters. The van der Waals surface area contributed by atoms with Crippen LogP contribution in [-0.2, 0) is 31.6 Å². The first-order valence-corrected chi connectivity index (χ1v) is 14.0. The summed E-state index contributed by atoms with van der Waals surface area (Å²) < 4.78 is 73.2. The van der Waals surface area contributed by atoms with E-state index in [1.807, 2.05) is 6.92 Å². The van der Waals surface area contributed by atoms with Gasteiger partial charge in [-0.15, -0.1) is 10.2 Å². The van der Waals surface area contributed by atoms with Gasteiger partial charge < -0.3 is 14.8 Å². The zero-order valence-electron chi connectivity index (χ0n) is 22.9. The summed E-state index contributed by atoms with van der Waals surface area (Å²) in [6, 6.07) is 9.47. The number of hydrogen-bond donors (Lipinski definition) is 1. The summed E-state index contributed by atoms with van der Waals surface area (Å²) in [4.78, 5) is 15.0. The maximum absolute atomic E-state index is 14.3. The third-order valence-corrected chi connectivity index (χ3v) is 9.01. The molecule has 3 aliphatic rings. The second-order valence-electron chi connectivity index (χ2n) is 11.8. The first-order chi connectivity index (χ1) is 19.4. The van der Waals surface area contributed by atoms with Crippen LogP contribution in [0.25, 0.3) is 0 Å². The molecule has 2 aromatic carbocycles. The normalized spacial score (nSPS) is 23.4. The van der Waals surface area contributed by atoms with Crippen molar-refractivity contribution in [1.29, 1.82) is 0 Å². The number of halogens is 5. The highest BCUT2D eigenvalue weighted by Crippen LogP contribution is 2.55. The van der Waals surface area contributed by atoms with E-state index in [9.17, 15) is 26.7 Å². The van der Waals surface area contributed by atoms with Crippen LogP contribution in [0.3, 0.4) is 0 Å². The lowest BCUT2D eigenvalue weighted by atomic mass is 9.60. The molecule has 1 amide bonds. The molecular formula is C30H32F5N5O. The van der Waals surface area contributed by atoms with Gasteiger partial charge in [-0.05, 0) is 60.2 Å². The van der Waals surface area contributed by atoms with Crippen molar-refractivity contribution in [3.8, 4) is 0 Å². The van der Waals surface area contributed by atoms with Gasteiger partial charge in [0.15, 0.2) is 0 Å². The number of carbonyl (C=O) groups is 1. The topological polar surface area (TPSA) is 63.1 Å². The maximum Gasteiger partial charge on any atom is 0.416 e. The number of nitrogens with zero attached hydrogens (tertiary/aromatic N) is 4. The van der Waals surface area contributed by atoms with Gasteiger partial charge in [0.05, 0.1) is 12.1 Å². The number of rotatable bonds is 6. The third kappa shape index (κ3) is 5.02. The molecule has 3 aromatic rings. The fraction of sp³-hybridized carbons (Fsp3) is 0.500. The van der Waals surface area contributed by atoms with Gasteiger partial charge in [-0.25, -0.2) is 8.78 Å². The van der Waals surface area contributed by atoms with Gasteiger partial charge in [0.25, 0.3) is 5.91 Å². The highest BCUT2D eigenvalue weighted by molar-refractivity contribution is 6.10. The molecule has 1 saturated carbocycles. The van der Waals surface area contributed by atoms with E-state index in [1.54, 1.807) is 41.9 Å². The number of amides is 1. The molecule has 0 bridgehead atoms. The Balaban J connectivity index is 1.35. The Bertz CT molecular complexity index is 1470. The molecule has 1 N–H and O–H groups in total. The van der Waals surface area contributed by atoms with Crippen molar-refractivity contribution in [2.75, 3.05) is 4.90 Å². The number of aryl methyl sites for hydroxylation is 1. The van der Waals surface area contributed by atoms with E-state index in [4.69, 9.17) is 0 Å². The number of anilines is 1. The second-order valence-corrected chi connectivity index (χ2v) is 11.8. The Labute approximate surface area is 234 Å². The first kappa shape index (κ1) is 27.8. The summed E-state index contributed by atoms with van der Waals surface area (Å²) in [6.45, 7) is 1.80. The molecule has 0 spiro atoms. The van der Waals surface area contributed by atoms with Gasteiger partial charge in [-0.2, -0.15) is 13.2 Å². The summed E-state index contributed by atoms with van der Waals surface area (Å²) in [5.41, 5.74) is -0.280. The molecule has 2 atom stereocenters. The Hall–Kier alpha value is -3.34. The molecule has 3 heterocycles. The summed E-state index contributed by atoms with van der Waals surface area (Å²) >= 11 is 0. The Morgan fingerprint density at radius 1 is 1.12 bits per heavy atom. The monoisotopic (exact) mass is 573 g/mol. The van der Waals surface area contributed by atoms with Crippen LogP contribution in [-0.4, -0.2) is 32.6 Å². The summed E-state index contributed by atoms with van der Waals surface area (Å²) in [6.07, 6.45) is -0.230. The number of benzene rings is 2. The van der Waals surface area contributed by atoms with Gasteiger partial charge in [0.2, 0.25) is 5.92 Å². The summed E-state index contributed by atoms with van der Waals surface area (Å²) in [5.74, 6) is -2.80. The minimum Gasteiger partial charge on any atom is -0.321 e. The molecule has 1 aliphatic carbocycles. The van der Waals surface area contributed by atoms with E-state index in [2.05, 4.69) is 15.5 Å². The molecule has 41 heavy (non-hydrogen) atoms. The van der Waals surface area contributed by atoms with Gasteiger partial charge in [-0.1, -0.05) is 25.5 Å². The van der Waals surface area contributed by atoms with Crippen molar-refractivity contribution in [2.24, 2.45) is 7.05 Å². The third-order valence-electron chi connectivity index (χ3n) is 9.01. The largest absolute Gasteiger partial charge is 0.416 e. The van der Waals surface area contributed by atoms with Crippen LogP contribution in [0.2, 0.25) is 0 Å². The molecule has 0 radical (unpaired) electrons. The van der Waals surface area contributed by atoms with Crippen molar-refractivity contribution < 1.29 is 26.7 Å². The van der Waals surface area contributed by atoms with Crippen LogP contribution in [0.4, 0.5) is 27.6 Å². The lowest BCUT2D eigenvalue weighted by Gasteiger charge is -2.48. The average Bonchev–Trinajstić information content (AvgIpc) is 3.48. The molecule has 6 rings (SSSR count). The van der Waals surface area contributed by atoms with E-state index in [0.29, 0.717) is 29.1 Å². The van der Waals surface area contributed by atoms with E-state index in [-0.39, 0.29) is 49.0 Å². The molecule has 11 heteroatoms. The summed E-state index contributed by atoms with van der Waals surface area (Å²) in [7, 11) is 1.74. The smallest absolute Gasteiger partial charge is 0.321 e. The number of fused-ring (bicyclic) bond motifs is 1. The van der Waals surface area contributed by atoms with E-state index in [0.717, 1.165) is 19.3 Å². The van der Waals surface area contributed by atoms with Crippen LogP contribution in [0, 0.1) is 0 Å². The Morgan fingerprint density at radius 3 is 2.56 bits per heavy atom. The van der Waals surface area contributed by atoms with Crippen LogP contribution in [0.5, 0.6) is 0 Å². The number of carbonyl (C=O) groups excluding carboxylic acids is 1. The van der Waals surface area contributed by atoms with Gasteiger partial charge in [-0.3, -0.25) is 4.79 Å². The van der Waals surface area contributed by atoms with E-state index in [1.165, 1.54) is 17.3 Å². The number of hydrogen-bond acceptors (Lipinski definition) is 4. The first-order valence-electron chi connectivity index (χ1n) is 14.0. The molecular weight excluding hydrogens is 541 g/mol. The zero-order valence-corrected chi connectivity index (χ0v) is 22.9. The molecule has 6 nitrogen and oxygen atoms in total. The molecule has 218 valence electrons. The number of nitrogens with one attached hydrogen (secondary N) is 1. The van der Waals surface area contributed by atoms with Crippen LogP contribution >= 0.6 is 0 Å². The van der Waals surface area contributed by atoms with Gasteiger partial charge in [0, 0.05) is 55.1 Å². The zero-order chi connectivity index (χ0) is 29.2. The highest BCUT2D eigenvalue weighted by Gasteiger charge is 2.57. The standard InChI is InChI=1S/C30H32F5N5O/c1-3-20-7-5-9-25(37-20)18-10-22-23(24(11-18)30(33,34)35)14-40(27(22)41)21-8-4-6-19(12-21)28(15-29(31,32)16-28)13-26-38-36-17-39(26)2/h4,6,8,10-12,17,20,25,37H,3,5,7,9,13-16H2,1-2H3/t20-,25-/m1/s1. The average molecular weight is 574 g/mol. The van der Waals surface area contributed by atoms with Crippen molar-refractivity contribution >= 4 is 11.6 Å². The molecule has 1 saturated heterocycles. The number of alkyl halides is 5. The van der Waals surface area contributed by atoms with Crippen LogP contribution in [0.1, 0.15) is 89.9 Å². The Morgan fingerprint density at radius 2 is 1.90 bits per heavy atom. The van der Waals surface area contributed by atoms with Crippen molar-refractivity contribution in [2.45, 2.75) is 88.0 Å². The quantitative estimate of drug-likeness (QED) is 0.342. The van der Waals surface area contributed by atoms with Crippen LogP contribution in [0.15, 0.2) is 42.7 Å². The van der Waals surface area contributed by atoms with Gasteiger partial charge >= 0.3 is 6.18 Å². The minimum absolute atomic E-state index is 0.0459.